The van der Waals surface area contributed by atoms with Crippen LogP contribution < -0.4 is 0 Å². The van der Waals surface area contributed by atoms with Crippen molar-refractivity contribution in [3.8, 4) is 0 Å². The van der Waals surface area contributed by atoms with Gasteiger partial charge in [0, 0.05) is 10.3 Å². The van der Waals surface area contributed by atoms with Gasteiger partial charge >= 0.3 is 0 Å². The van der Waals surface area contributed by atoms with Gasteiger partial charge < -0.3 is 0 Å². The van der Waals surface area contributed by atoms with Crippen LogP contribution in [0.25, 0.3) is 0 Å². The quantitative estimate of drug-likeness (QED) is 0.610. The minimum absolute atomic E-state index is 0.336. The highest BCUT2D eigenvalue weighted by molar-refractivity contribution is 7.09. The summed E-state index contributed by atoms with van der Waals surface area (Å²) in [6.07, 6.45) is 9.62. The van der Waals surface area contributed by atoms with Crippen molar-refractivity contribution < 1.29 is 0 Å². The molecule has 110 valence electrons. The fourth-order valence-electron chi connectivity index (χ4n) is 6.71. The van der Waals surface area contributed by atoms with Crippen LogP contribution in [0.4, 0.5) is 0 Å². The molecule has 0 aliphatic heterocycles. The summed E-state index contributed by atoms with van der Waals surface area (Å²) in [5.41, 5.74) is 1.59. The molecule has 1 aromatic rings. The Bertz CT molecular complexity index is 487. The van der Waals surface area contributed by atoms with Crippen molar-refractivity contribution in [3.05, 3.63) is 22.4 Å². The third-order valence-corrected chi connectivity index (χ3v) is 7.81. The molecule has 0 aromatic carbocycles. The largest absolute Gasteiger partial charge is 0.149 e. The molecule has 0 saturated heterocycles. The van der Waals surface area contributed by atoms with Gasteiger partial charge in [-0.1, -0.05) is 19.9 Å². The minimum Gasteiger partial charge on any atom is -0.149 e. The van der Waals surface area contributed by atoms with Crippen molar-refractivity contribution in [2.75, 3.05) is 0 Å². The molecule has 4 saturated carbocycles. The van der Waals surface area contributed by atoms with E-state index in [9.17, 15) is 0 Å². The second-order valence-corrected chi connectivity index (χ2v) is 10.3. The topological polar surface area (TPSA) is 0 Å². The summed E-state index contributed by atoms with van der Waals surface area (Å²) in [6, 6.07) is 4.41. The number of thiophene rings is 1. The SMILES string of the molecule is CC12CC3CC(C)(C1)CC(C(Cl)Cc1cccs1)(C3)C2. The van der Waals surface area contributed by atoms with Crippen molar-refractivity contribution in [2.24, 2.45) is 22.2 Å². The Labute approximate surface area is 131 Å². The first-order chi connectivity index (χ1) is 9.41. The van der Waals surface area contributed by atoms with E-state index in [0.717, 1.165) is 12.3 Å². The summed E-state index contributed by atoms with van der Waals surface area (Å²) in [5.74, 6) is 0.950. The molecule has 0 spiro atoms. The van der Waals surface area contributed by atoms with Gasteiger partial charge in [0.25, 0.3) is 0 Å². The lowest BCUT2D eigenvalue weighted by molar-refractivity contribution is -0.145. The Hall–Kier alpha value is -0.0100. The summed E-state index contributed by atoms with van der Waals surface area (Å²) in [6.45, 7) is 5.08. The third kappa shape index (κ3) is 2.08. The third-order valence-electron chi connectivity index (χ3n) is 6.29. The number of halogens is 1. The molecule has 3 atom stereocenters. The van der Waals surface area contributed by atoms with E-state index in [0.29, 0.717) is 21.6 Å². The molecule has 5 rings (SSSR count). The van der Waals surface area contributed by atoms with E-state index >= 15 is 0 Å². The summed E-state index contributed by atoms with van der Waals surface area (Å²) >= 11 is 8.89. The lowest BCUT2D eigenvalue weighted by Crippen LogP contribution is -2.58. The standard InChI is InChI=1S/C18H25ClS/c1-16-7-13-8-17(2,10-16)12-18(9-13,11-16)15(19)6-14-4-3-5-20-14/h3-5,13,15H,6-12H2,1-2H3. The zero-order chi connectivity index (χ0) is 14.0. The molecule has 20 heavy (non-hydrogen) atoms. The smallest absolute Gasteiger partial charge is 0.0441 e. The highest BCUT2D eigenvalue weighted by atomic mass is 35.5. The Morgan fingerprint density at radius 2 is 1.90 bits per heavy atom. The molecule has 0 amide bonds. The van der Waals surface area contributed by atoms with Crippen LogP contribution in [-0.2, 0) is 6.42 Å². The first kappa shape index (κ1) is 13.6. The van der Waals surface area contributed by atoms with Gasteiger partial charge in [-0.05, 0) is 78.6 Å². The molecule has 4 fully saturated rings. The van der Waals surface area contributed by atoms with Crippen LogP contribution in [0, 0.1) is 22.2 Å². The Kier molecular flexibility index (Phi) is 2.90. The summed E-state index contributed by atoms with van der Waals surface area (Å²) in [5, 5.41) is 2.52. The predicted molar refractivity (Wildman–Crippen MR) is 87.5 cm³/mol. The van der Waals surface area contributed by atoms with Crippen molar-refractivity contribution in [3.63, 3.8) is 0 Å². The first-order valence-corrected chi connectivity index (χ1v) is 9.39. The second-order valence-electron chi connectivity index (χ2n) is 8.74. The van der Waals surface area contributed by atoms with E-state index < -0.39 is 0 Å². The van der Waals surface area contributed by atoms with Crippen molar-refractivity contribution >= 4 is 22.9 Å². The van der Waals surface area contributed by atoms with Gasteiger partial charge in [0.2, 0.25) is 0 Å². The summed E-state index contributed by atoms with van der Waals surface area (Å²) in [7, 11) is 0. The average Bonchev–Trinajstić information content (AvgIpc) is 2.76. The van der Waals surface area contributed by atoms with E-state index in [1.165, 1.54) is 43.4 Å². The second kappa shape index (κ2) is 4.26. The number of hydrogen-bond donors (Lipinski definition) is 0. The van der Waals surface area contributed by atoms with Gasteiger partial charge in [0.1, 0.15) is 0 Å². The maximum atomic E-state index is 7.02. The fourth-order valence-corrected chi connectivity index (χ4v) is 7.96. The van der Waals surface area contributed by atoms with E-state index in [2.05, 4.69) is 31.4 Å². The molecular weight excluding hydrogens is 284 g/mol. The van der Waals surface area contributed by atoms with Crippen LogP contribution in [-0.4, -0.2) is 5.38 Å². The summed E-state index contributed by atoms with van der Waals surface area (Å²) < 4.78 is 0. The molecule has 4 aliphatic rings. The van der Waals surface area contributed by atoms with Crippen LogP contribution in [0.3, 0.4) is 0 Å². The zero-order valence-electron chi connectivity index (χ0n) is 12.6. The maximum Gasteiger partial charge on any atom is 0.0441 e. The zero-order valence-corrected chi connectivity index (χ0v) is 14.2. The van der Waals surface area contributed by atoms with Gasteiger partial charge in [-0.25, -0.2) is 0 Å². The molecule has 0 N–H and O–H groups in total. The van der Waals surface area contributed by atoms with Gasteiger partial charge in [-0.2, -0.15) is 0 Å². The Balaban J connectivity index is 1.63. The lowest BCUT2D eigenvalue weighted by atomic mass is 9.39. The predicted octanol–water partition coefficient (Wildman–Crippen LogP) is 5.89. The van der Waals surface area contributed by atoms with Gasteiger partial charge in [-0.3, -0.25) is 0 Å². The summed E-state index contributed by atoms with van der Waals surface area (Å²) in [4.78, 5) is 1.47. The maximum absolute atomic E-state index is 7.02. The van der Waals surface area contributed by atoms with Crippen molar-refractivity contribution in [1.29, 1.82) is 0 Å². The Morgan fingerprint density at radius 1 is 1.20 bits per heavy atom. The average molecular weight is 309 g/mol. The van der Waals surface area contributed by atoms with Crippen LogP contribution in [0.2, 0.25) is 0 Å². The van der Waals surface area contributed by atoms with E-state index in [1.807, 2.05) is 11.3 Å². The van der Waals surface area contributed by atoms with Gasteiger partial charge in [0.05, 0.1) is 0 Å². The number of hydrogen-bond acceptors (Lipinski definition) is 1. The highest BCUT2D eigenvalue weighted by Crippen LogP contribution is 2.71. The van der Waals surface area contributed by atoms with Crippen LogP contribution in [0.5, 0.6) is 0 Å². The molecule has 4 aliphatic carbocycles. The van der Waals surface area contributed by atoms with Crippen LogP contribution in [0.15, 0.2) is 17.5 Å². The molecule has 0 nitrogen and oxygen atoms in total. The molecule has 1 heterocycles. The van der Waals surface area contributed by atoms with Crippen molar-refractivity contribution in [2.45, 2.75) is 64.2 Å². The van der Waals surface area contributed by atoms with Gasteiger partial charge in [-0.15, -0.1) is 22.9 Å². The monoisotopic (exact) mass is 308 g/mol. The number of rotatable bonds is 3. The molecular formula is C18H25ClS. The van der Waals surface area contributed by atoms with E-state index in [-0.39, 0.29) is 0 Å². The molecule has 4 bridgehead atoms. The van der Waals surface area contributed by atoms with Crippen LogP contribution in [0.1, 0.15) is 57.2 Å². The van der Waals surface area contributed by atoms with E-state index in [4.69, 9.17) is 11.6 Å². The fraction of sp³-hybridized carbons (Fsp3) is 0.778. The molecule has 3 unspecified atom stereocenters. The van der Waals surface area contributed by atoms with Gasteiger partial charge in [0.15, 0.2) is 0 Å². The first-order valence-electron chi connectivity index (χ1n) is 8.07. The highest BCUT2D eigenvalue weighted by Gasteiger charge is 2.61. The minimum atomic E-state index is 0.336. The lowest BCUT2D eigenvalue weighted by Gasteiger charge is -2.66. The molecule has 1 aromatic heterocycles. The van der Waals surface area contributed by atoms with Crippen molar-refractivity contribution in [1.82, 2.24) is 0 Å². The normalized spacial score (nSPS) is 47.6. The molecule has 2 heteroatoms. The van der Waals surface area contributed by atoms with E-state index in [1.54, 1.807) is 0 Å². The molecule has 0 radical (unpaired) electrons. The number of alkyl halides is 1. The Morgan fingerprint density at radius 3 is 2.45 bits per heavy atom. The van der Waals surface area contributed by atoms with Crippen LogP contribution >= 0.6 is 22.9 Å².